The Morgan fingerprint density at radius 3 is 2.59 bits per heavy atom. The van der Waals surface area contributed by atoms with Crippen LogP contribution in [0.2, 0.25) is 10.0 Å². The van der Waals surface area contributed by atoms with Crippen molar-refractivity contribution in [3.8, 4) is 17.4 Å². The molecule has 29 heavy (non-hydrogen) atoms. The van der Waals surface area contributed by atoms with Crippen LogP contribution in [0.1, 0.15) is 16.1 Å². The van der Waals surface area contributed by atoms with Crippen LogP contribution in [0.25, 0.3) is 17.4 Å². The summed E-state index contributed by atoms with van der Waals surface area (Å²) in [7, 11) is 0. The number of benzene rings is 2. The van der Waals surface area contributed by atoms with Crippen LogP contribution < -0.4 is 5.32 Å². The number of hydrogen-bond donors (Lipinski definition) is 2. The van der Waals surface area contributed by atoms with Crippen LogP contribution in [-0.4, -0.2) is 17.0 Å². The lowest BCUT2D eigenvalue weighted by Gasteiger charge is -2.05. The van der Waals surface area contributed by atoms with E-state index in [-0.39, 0.29) is 22.6 Å². The van der Waals surface area contributed by atoms with Crippen LogP contribution in [-0.2, 0) is 4.79 Å². The van der Waals surface area contributed by atoms with E-state index in [0.717, 1.165) is 0 Å². The molecule has 0 unspecified atom stereocenters. The molecule has 2 aromatic carbocycles. The highest BCUT2D eigenvalue weighted by Crippen LogP contribution is 2.34. The van der Waals surface area contributed by atoms with Crippen LogP contribution in [0, 0.1) is 11.3 Å². The smallest absolute Gasteiger partial charge is 0.335 e. The standard InChI is InChI=1S/C21H12Cl2N2O4/c22-17-6-2-5-16(19(17)23)18-8-7-15(29-18)10-13(11-24)20(26)25-14-4-1-3-12(9-14)21(27)28/h1-10H,(H,25,26)(H,27,28)/b13-10+. The highest BCUT2D eigenvalue weighted by Gasteiger charge is 2.14. The molecule has 3 rings (SSSR count). The van der Waals surface area contributed by atoms with Crippen molar-refractivity contribution in [1.29, 1.82) is 5.26 Å². The van der Waals surface area contributed by atoms with Gasteiger partial charge in [0.15, 0.2) is 0 Å². The Morgan fingerprint density at radius 2 is 1.86 bits per heavy atom. The topological polar surface area (TPSA) is 103 Å². The fourth-order valence-corrected chi connectivity index (χ4v) is 2.88. The number of rotatable bonds is 5. The van der Waals surface area contributed by atoms with Gasteiger partial charge in [-0.3, -0.25) is 4.79 Å². The molecule has 0 saturated carbocycles. The van der Waals surface area contributed by atoms with Gasteiger partial charge in [0.2, 0.25) is 0 Å². The molecule has 0 saturated heterocycles. The number of nitrogens with zero attached hydrogens (tertiary/aromatic N) is 1. The van der Waals surface area contributed by atoms with Crippen molar-refractivity contribution >= 4 is 46.8 Å². The van der Waals surface area contributed by atoms with E-state index in [1.54, 1.807) is 36.4 Å². The number of carboxylic acids is 1. The fraction of sp³-hybridized carbons (Fsp3) is 0. The number of amides is 1. The molecule has 0 bridgehead atoms. The van der Waals surface area contributed by atoms with Crippen LogP contribution in [0.3, 0.4) is 0 Å². The Kier molecular flexibility index (Phi) is 6.03. The van der Waals surface area contributed by atoms with Gasteiger partial charge in [-0.15, -0.1) is 0 Å². The Labute approximate surface area is 175 Å². The van der Waals surface area contributed by atoms with Gasteiger partial charge in [0.25, 0.3) is 5.91 Å². The number of carboxylic acid groups (broad SMARTS) is 1. The zero-order valence-electron chi connectivity index (χ0n) is 14.6. The average Bonchev–Trinajstić information content (AvgIpc) is 3.16. The van der Waals surface area contributed by atoms with Gasteiger partial charge in [-0.05, 0) is 42.5 Å². The van der Waals surface area contributed by atoms with Gasteiger partial charge in [-0.1, -0.05) is 35.3 Å². The quantitative estimate of drug-likeness (QED) is 0.414. The molecule has 6 nitrogen and oxygen atoms in total. The average molecular weight is 427 g/mol. The Bertz CT molecular complexity index is 1180. The number of nitrogens with one attached hydrogen (secondary N) is 1. The number of halogens is 2. The van der Waals surface area contributed by atoms with E-state index >= 15 is 0 Å². The van der Waals surface area contributed by atoms with Crippen LogP contribution in [0.4, 0.5) is 5.69 Å². The molecule has 0 spiro atoms. The molecule has 0 aliphatic rings. The molecule has 0 fully saturated rings. The normalized spacial score (nSPS) is 11.0. The maximum Gasteiger partial charge on any atom is 0.335 e. The predicted molar refractivity (Wildman–Crippen MR) is 110 cm³/mol. The van der Waals surface area contributed by atoms with Crippen molar-refractivity contribution in [1.82, 2.24) is 0 Å². The van der Waals surface area contributed by atoms with Gasteiger partial charge in [0.05, 0.1) is 15.6 Å². The van der Waals surface area contributed by atoms with Crippen molar-refractivity contribution in [2.75, 3.05) is 5.32 Å². The summed E-state index contributed by atoms with van der Waals surface area (Å²) in [6.07, 6.45) is 1.28. The number of aromatic carboxylic acids is 1. The van der Waals surface area contributed by atoms with Crippen LogP contribution in [0.15, 0.2) is 64.6 Å². The first-order chi connectivity index (χ1) is 13.9. The largest absolute Gasteiger partial charge is 0.478 e. The Balaban J connectivity index is 1.83. The van der Waals surface area contributed by atoms with E-state index in [1.807, 2.05) is 0 Å². The van der Waals surface area contributed by atoms with E-state index in [4.69, 9.17) is 32.7 Å². The third-order valence-corrected chi connectivity index (χ3v) is 4.68. The second-order valence-corrected chi connectivity index (χ2v) is 6.60. The van der Waals surface area contributed by atoms with Crippen molar-refractivity contribution in [3.63, 3.8) is 0 Å². The molecular formula is C21H12Cl2N2O4. The Hall–Kier alpha value is -3.53. The molecule has 1 aromatic heterocycles. The molecule has 144 valence electrons. The van der Waals surface area contributed by atoms with Gasteiger partial charge in [0.1, 0.15) is 23.2 Å². The fourth-order valence-electron chi connectivity index (χ4n) is 2.49. The summed E-state index contributed by atoms with van der Waals surface area (Å²) in [5, 5.41) is 21.5. The summed E-state index contributed by atoms with van der Waals surface area (Å²) in [5.74, 6) is -1.13. The lowest BCUT2D eigenvalue weighted by atomic mass is 10.1. The predicted octanol–water partition coefficient (Wildman–Crippen LogP) is 5.50. The molecule has 1 heterocycles. The highest BCUT2D eigenvalue weighted by molar-refractivity contribution is 6.43. The first kappa shape index (κ1) is 20.2. The third kappa shape index (κ3) is 4.66. The number of anilines is 1. The minimum atomic E-state index is -1.13. The van der Waals surface area contributed by atoms with Gasteiger partial charge in [0, 0.05) is 17.3 Å². The van der Waals surface area contributed by atoms with Crippen LogP contribution >= 0.6 is 23.2 Å². The van der Waals surface area contributed by atoms with Crippen molar-refractivity contribution in [3.05, 3.63) is 81.5 Å². The van der Waals surface area contributed by atoms with Gasteiger partial charge >= 0.3 is 5.97 Å². The van der Waals surface area contributed by atoms with E-state index in [9.17, 15) is 14.9 Å². The van der Waals surface area contributed by atoms with Crippen molar-refractivity contribution < 1.29 is 19.1 Å². The number of carbonyl (C=O) groups is 2. The Morgan fingerprint density at radius 1 is 1.10 bits per heavy atom. The minimum Gasteiger partial charge on any atom is -0.478 e. The first-order valence-electron chi connectivity index (χ1n) is 8.20. The number of carbonyl (C=O) groups excluding carboxylic acids is 1. The SMILES string of the molecule is N#C/C(=C\c1ccc(-c2cccc(Cl)c2Cl)o1)C(=O)Nc1cccc(C(=O)O)c1. The van der Waals surface area contributed by atoms with E-state index < -0.39 is 11.9 Å². The molecule has 3 aromatic rings. The van der Waals surface area contributed by atoms with Crippen molar-refractivity contribution in [2.45, 2.75) is 0 Å². The molecule has 0 radical (unpaired) electrons. The third-order valence-electron chi connectivity index (χ3n) is 3.86. The molecule has 1 amide bonds. The molecular weight excluding hydrogens is 415 g/mol. The maximum atomic E-state index is 12.4. The number of hydrogen-bond acceptors (Lipinski definition) is 4. The molecule has 8 heteroatoms. The first-order valence-corrected chi connectivity index (χ1v) is 8.95. The summed E-state index contributed by atoms with van der Waals surface area (Å²) in [6, 6.07) is 15.8. The zero-order valence-corrected chi connectivity index (χ0v) is 16.2. The lowest BCUT2D eigenvalue weighted by molar-refractivity contribution is -0.112. The highest BCUT2D eigenvalue weighted by atomic mass is 35.5. The van der Waals surface area contributed by atoms with Gasteiger partial charge < -0.3 is 14.8 Å². The summed E-state index contributed by atoms with van der Waals surface area (Å²) in [6.45, 7) is 0. The molecule has 0 aliphatic heterocycles. The van der Waals surface area contributed by atoms with Crippen molar-refractivity contribution in [2.24, 2.45) is 0 Å². The van der Waals surface area contributed by atoms with Gasteiger partial charge in [-0.25, -0.2) is 4.79 Å². The lowest BCUT2D eigenvalue weighted by Crippen LogP contribution is -2.13. The van der Waals surface area contributed by atoms with E-state index in [0.29, 0.717) is 21.4 Å². The van der Waals surface area contributed by atoms with E-state index in [2.05, 4.69) is 5.32 Å². The molecule has 2 N–H and O–H groups in total. The summed E-state index contributed by atoms with van der Waals surface area (Å²) >= 11 is 12.2. The second kappa shape index (κ2) is 8.65. The number of nitriles is 1. The molecule has 0 atom stereocenters. The summed E-state index contributed by atoms with van der Waals surface area (Å²) in [5.41, 5.74) is 0.623. The maximum absolute atomic E-state index is 12.4. The minimum absolute atomic E-state index is 0.0133. The van der Waals surface area contributed by atoms with Crippen LogP contribution in [0.5, 0.6) is 0 Å². The summed E-state index contributed by atoms with van der Waals surface area (Å²) < 4.78 is 5.66. The second-order valence-electron chi connectivity index (χ2n) is 5.81. The van der Waals surface area contributed by atoms with E-state index in [1.165, 1.54) is 30.3 Å². The zero-order chi connectivity index (χ0) is 21.0. The monoisotopic (exact) mass is 426 g/mol. The van der Waals surface area contributed by atoms with Gasteiger partial charge in [-0.2, -0.15) is 5.26 Å². The number of furan rings is 1. The summed E-state index contributed by atoms with van der Waals surface area (Å²) in [4.78, 5) is 23.4. The molecule has 0 aliphatic carbocycles.